The van der Waals surface area contributed by atoms with Gasteiger partial charge in [-0.05, 0) is 57.1 Å². The fourth-order valence-corrected chi connectivity index (χ4v) is 10.1. The number of ketones is 2. The van der Waals surface area contributed by atoms with E-state index in [1.165, 1.54) is 17.8 Å². The highest BCUT2D eigenvalue weighted by Gasteiger charge is 2.80. The Labute approximate surface area is 225 Å². The van der Waals surface area contributed by atoms with E-state index in [0.29, 0.717) is 19.4 Å². The van der Waals surface area contributed by atoms with Crippen LogP contribution >= 0.6 is 11.8 Å². The Kier molecular flexibility index (Phi) is 5.89. The first-order valence-corrected chi connectivity index (χ1v) is 14.7. The Hall–Kier alpha value is -1.36. The molecule has 10 atom stereocenters. The molecule has 210 valence electrons. The summed E-state index contributed by atoms with van der Waals surface area (Å²) >= 11 is 1.21. The summed E-state index contributed by atoms with van der Waals surface area (Å²) in [4.78, 5) is 38.3. The average molecular weight is 555 g/mol. The van der Waals surface area contributed by atoms with Gasteiger partial charge < -0.3 is 19.3 Å². The Morgan fingerprint density at radius 2 is 1.92 bits per heavy atom. The summed E-state index contributed by atoms with van der Waals surface area (Å²) in [5.41, 5.74) is -5.83. The minimum absolute atomic E-state index is 0.0159. The molecule has 10 heteroatoms. The van der Waals surface area contributed by atoms with Crippen LogP contribution in [-0.4, -0.2) is 75.7 Å². The van der Waals surface area contributed by atoms with Crippen LogP contribution in [0.5, 0.6) is 0 Å². The van der Waals surface area contributed by atoms with Crippen LogP contribution in [0.4, 0.5) is 8.78 Å². The molecule has 2 heterocycles. The van der Waals surface area contributed by atoms with Crippen LogP contribution in [0.2, 0.25) is 0 Å². The van der Waals surface area contributed by atoms with Gasteiger partial charge in [0, 0.05) is 29.6 Å². The third kappa shape index (κ3) is 3.26. The zero-order valence-corrected chi connectivity index (χ0v) is 23.1. The lowest BCUT2D eigenvalue weighted by Crippen LogP contribution is -2.71. The summed E-state index contributed by atoms with van der Waals surface area (Å²) in [7, 11) is 0. The van der Waals surface area contributed by atoms with Crippen molar-refractivity contribution in [3.05, 3.63) is 11.6 Å². The maximum Gasteiger partial charge on any atom is 0.319 e. The number of thioether (sulfide) groups is 1. The van der Waals surface area contributed by atoms with Crippen LogP contribution in [0.15, 0.2) is 11.6 Å². The summed E-state index contributed by atoms with van der Waals surface area (Å²) in [6, 6.07) is 0. The molecule has 0 aromatic heterocycles. The second-order valence-corrected chi connectivity index (χ2v) is 14.2. The van der Waals surface area contributed by atoms with E-state index in [9.17, 15) is 19.5 Å². The molecular formula is C28H36F2O7S. The minimum Gasteiger partial charge on any atom is -0.465 e. The molecule has 4 aliphatic carbocycles. The van der Waals surface area contributed by atoms with Crippen LogP contribution < -0.4 is 0 Å². The predicted molar refractivity (Wildman–Crippen MR) is 134 cm³/mol. The maximum absolute atomic E-state index is 17.5. The number of aliphatic hydroxyl groups excluding tert-OH is 1. The van der Waals surface area contributed by atoms with Crippen LogP contribution in [0.1, 0.15) is 66.2 Å². The third-order valence-electron chi connectivity index (χ3n) is 10.7. The van der Waals surface area contributed by atoms with Crippen LogP contribution in [0.25, 0.3) is 0 Å². The first-order chi connectivity index (χ1) is 17.7. The molecule has 2 saturated heterocycles. The Morgan fingerprint density at radius 3 is 2.61 bits per heavy atom. The van der Waals surface area contributed by atoms with Gasteiger partial charge in [-0.25, -0.2) is 8.78 Å². The van der Waals surface area contributed by atoms with Gasteiger partial charge in [0.1, 0.15) is 17.1 Å². The van der Waals surface area contributed by atoms with Crippen molar-refractivity contribution in [2.75, 3.05) is 12.4 Å². The highest BCUT2D eigenvalue weighted by atomic mass is 32.2. The monoisotopic (exact) mass is 554 g/mol. The molecular weight excluding hydrogens is 518 g/mol. The lowest BCUT2D eigenvalue weighted by Gasteiger charge is -2.64. The molecule has 0 aromatic carbocycles. The molecule has 3 saturated carbocycles. The van der Waals surface area contributed by atoms with Gasteiger partial charge in [0.25, 0.3) is 0 Å². The second kappa shape index (κ2) is 8.33. The zero-order valence-electron chi connectivity index (χ0n) is 22.3. The normalized spacial score (nSPS) is 51.0. The van der Waals surface area contributed by atoms with Crippen LogP contribution in [-0.2, 0) is 28.6 Å². The number of fused-ring (bicyclic) bond motifs is 7. The molecule has 1 N–H and O–H groups in total. The van der Waals surface area contributed by atoms with Gasteiger partial charge in [-0.3, -0.25) is 14.4 Å². The van der Waals surface area contributed by atoms with E-state index in [4.69, 9.17) is 14.2 Å². The highest BCUT2D eigenvalue weighted by Crippen LogP contribution is 2.73. The summed E-state index contributed by atoms with van der Waals surface area (Å²) in [6.45, 7) is 7.27. The molecule has 38 heavy (non-hydrogen) atoms. The average Bonchev–Trinajstić information content (AvgIpc) is 3.44. The van der Waals surface area contributed by atoms with Crippen molar-refractivity contribution in [1.29, 1.82) is 0 Å². The van der Waals surface area contributed by atoms with E-state index >= 15 is 8.78 Å². The molecule has 6 aliphatic rings. The largest absolute Gasteiger partial charge is 0.465 e. The number of halogens is 2. The van der Waals surface area contributed by atoms with Gasteiger partial charge in [-0.2, -0.15) is 0 Å². The number of carbonyl (C=O) groups is 3. The maximum atomic E-state index is 17.5. The topological polar surface area (TPSA) is 99.1 Å². The number of rotatable bonds is 4. The molecule has 0 aromatic rings. The van der Waals surface area contributed by atoms with E-state index < -0.39 is 63.4 Å². The van der Waals surface area contributed by atoms with Gasteiger partial charge in [-0.1, -0.05) is 13.8 Å². The van der Waals surface area contributed by atoms with Crippen molar-refractivity contribution in [3.8, 4) is 0 Å². The van der Waals surface area contributed by atoms with E-state index in [2.05, 4.69) is 0 Å². The van der Waals surface area contributed by atoms with Gasteiger partial charge in [-0.15, -0.1) is 11.8 Å². The van der Waals surface area contributed by atoms with E-state index in [1.807, 2.05) is 6.92 Å². The van der Waals surface area contributed by atoms with Crippen LogP contribution in [0, 0.1) is 22.7 Å². The quantitative estimate of drug-likeness (QED) is 0.526. The van der Waals surface area contributed by atoms with Gasteiger partial charge in [0.05, 0.1) is 24.6 Å². The smallest absolute Gasteiger partial charge is 0.319 e. The molecule has 2 aliphatic heterocycles. The van der Waals surface area contributed by atoms with Crippen molar-refractivity contribution in [3.63, 3.8) is 0 Å². The Balaban J connectivity index is 1.39. The molecule has 0 spiro atoms. The molecule has 0 bridgehead atoms. The van der Waals surface area contributed by atoms with E-state index in [0.717, 1.165) is 0 Å². The zero-order chi connectivity index (χ0) is 27.5. The molecule has 0 amide bonds. The molecule has 7 nitrogen and oxygen atoms in total. The number of allylic oxidation sites excluding steroid dienone is 1. The van der Waals surface area contributed by atoms with E-state index in [1.54, 1.807) is 20.8 Å². The van der Waals surface area contributed by atoms with Crippen molar-refractivity contribution in [1.82, 2.24) is 0 Å². The minimum atomic E-state index is -2.16. The Morgan fingerprint density at radius 1 is 1.18 bits per heavy atom. The standard InChI is InChI=1S/C28H36F2O7S/c1-24(2)36-22-11-15-16-10-18(29)17-9-14(31)5-7-25(17,3)27(16,30)20(32)12-26(15,4)28(22,37-24)21(33)13-38-19-6-8-35-23(19)34/h9,15-16,18-20,22,32H,5-8,10-13H2,1-4H3/t15-,16-,18-,19?,20-,22+,25-,26-,27-,28+/m0/s1. The van der Waals surface area contributed by atoms with Crippen molar-refractivity contribution >= 4 is 29.3 Å². The van der Waals surface area contributed by atoms with Crippen molar-refractivity contribution in [2.24, 2.45) is 22.7 Å². The second-order valence-electron chi connectivity index (χ2n) is 13.0. The third-order valence-corrected chi connectivity index (χ3v) is 12.0. The molecule has 5 fully saturated rings. The number of Topliss-reactive ketones (excluding diaryl/α,β-unsaturated/α-hetero) is 1. The number of alkyl halides is 2. The number of aliphatic hydroxyl groups is 1. The highest BCUT2D eigenvalue weighted by molar-refractivity contribution is 8.01. The van der Waals surface area contributed by atoms with Gasteiger partial charge >= 0.3 is 5.97 Å². The fraction of sp³-hybridized carbons (Fsp3) is 0.821. The lowest BCUT2D eigenvalue weighted by atomic mass is 9.43. The van der Waals surface area contributed by atoms with Crippen LogP contribution in [0.3, 0.4) is 0 Å². The summed E-state index contributed by atoms with van der Waals surface area (Å²) < 4.78 is 51.0. The SMILES string of the molecule is CC1(C)O[C@@H]2C[C@H]3[C@@H]4C[C@H](F)C5=CC(=O)CC[C@]5(C)[C@@]4(F)[C@@H](O)C[C@]3(C)[C@]2(C(=O)CSC2CCOC2=O)O1. The van der Waals surface area contributed by atoms with Crippen molar-refractivity contribution in [2.45, 2.75) is 107 Å². The number of cyclic esters (lactones) is 1. The first kappa shape index (κ1) is 26.8. The summed E-state index contributed by atoms with van der Waals surface area (Å²) in [5, 5.41) is 11.2. The number of carbonyl (C=O) groups excluding carboxylic acids is 3. The predicted octanol–water partition coefficient (Wildman–Crippen LogP) is 3.65. The number of esters is 1. The fourth-order valence-electron chi connectivity index (χ4n) is 9.07. The summed E-state index contributed by atoms with van der Waals surface area (Å²) in [6.07, 6.45) is -1.62. The van der Waals surface area contributed by atoms with Gasteiger partial charge in [0.2, 0.25) is 0 Å². The summed E-state index contributed by atoms with van der Waals surface area (Å²) in [5.74, 6) is -3.29. The van der Waals surface area contributed by atoms with Gasteiger partial charge in [0.15, 0.2) is 23.0 Å². The van der Waals surface area contributed by atoms with E-state index in [-0.39, 0.29) is 54.5 Å². The molecule has 0 radical (unpaired) electrons. The number of hydrogen-bond donors (Lipinski definition) is 1. The van der Waals surface area contributed by atoms with Crippen molar-refractivity contribution < 1.29 is 42.5 Å². The molecule has 6 rings (SSSR count). The number of hydrogen-bond acceptors (Lipinski definition) is 8. The first-order valence-electron chi connectivity index (χ1n) is 13.6. The molecule has 1 unspecified atom stereocenters. The Bertz CT molecular complexity index is 1130. The number of ether oxygens (including phenoxy) is 3. The lowest BCUT2D eigenvalue weighted by molar-refractivity contribution is -0.253.